The second kappa shape index (κ2) is 7.71. The summed E-state index contributed by atoms with van der Waals surface area (Å²) in [5.74, 6) is -1.55. The number of benzene rings is 1. The second-order valence-corrected chi connectivity index (χ2v) is 7.75. The van der Waals surface area contributed by atoms with E-state index < -0.39 is 17.3 Å². The molecule has 3 N–H and O–H groups in total. The van der Waals surface area contributed by atoms with E-state index in [4.69, 9.17) is 5.11 Å². The minimum absolute atomic E-state index is 0.00761. The van der Waals surface area contributed by atoms with E-state index in [1.807, 2.05) is 35.7 Å². The van der Waals surface area contributed by atoms with E-state index in [9.17, 15) is 14.4 Å². The normalized spacial score (nSPS) is 17.3. The minimum Gasteiger partial charge on any atom is -0.481 e. The predicted molar refractivity (Wildman–Crippen MR) is 96.8 cm³/mol. The Morgan fingerprint density at radius 1 is 1.24 bits per heavy atom. The van der Waals surface area contributed by atoms with Gasteiger partial charge in [0.1, 0.15) is 0 Å². The summed E-state index contributed by atoms with van der Waals surface area (Å²) in [6, 6.07) is 10.4. The van der Waals surface area contributed by atoms with Crippen LogP contribution in [0.1, 0.15) is 23.8 Å². The summed E-state index contributed by atoms with van der Waals surface area (Å²) < 4.78 is 0. The number of hydrogen-bond donors (Lipinski definition) is 3. The van der Waals surface area contributed by atoms with E-state index >= 15 is 0 Å². The highest BCUT2D eigenvalue weighted by molar-refractivity contribution is 8.01. The lowest BCUT2D eigenvalue weighted by molar-refractivity contribution is -0.137. The Hall–Kier alpha value is -2.32. The molecule has 2 aromatic rings. The van der Waals surface area contributed by atoms with Crippen LogP contribution in [0.5, 0.6) is 0 Å². The molecule has 0 saturated carbocycles. The molecule has 1 aliphatic heterocycles. The molecule has 0 radical (unpaired) electrons. The first kappa shape index (κ1) is 17.5. The average molecular weight is 376 g/mol. The summed E-state index contributed by atoms with van der Waals surface area (Å²) >= 11 is 2.74. The molecule has 6 nitrogen and oxygen atoms in total. The van der Waals surface area contributed by atoms with E-state index in [-0.39, 0.29) is 24.7 Å². The fourth-order valence-electron chi connectivity index (χ4n) is 2.54. The standard InChI is InChI=1S/C17H16N2O4S2/c20-15(18-11(8-16(21)22)12-6-3-7-24-12)9-14-17(23)19-10-4-1-2-5-13(10)25-14/h1-7,11,14H,8-9H2,(H,18,20)(H,19,23)(H,21,22)/t11-,14+/m0/s1. The number of nitrogens with one attached hydrogen (secondary N) is 2. The third-order valence-corrected chi connectivity index (χ3v) is 5.94. The summed E-state index contributed by atoms with van der Waals surface area (Å²) in [5, 5.41) is 15.9. The monoisotopic (exact) mass is 376 g/mol. The lowest BCUT2D eigenvalue weighted by Crippen LogP contribution is -2.36. The Labute approximate surface area is 152 Å². The summed E-state index contributed by atoms with van der Waals surface area (Å²) in [4.78, 5) is 37.3. The molecule has 1 aromatic heterocycles. The maximum atomic E-state index is 12.4. The van der Waals surface area contributed by atoms with Gasteiger partial charge < -0.3 is 15.7 Å². The van der Waals surface area contributed by atoms with Crippen LogP contribution < -0.4 is 10.6 Å². The number of carboxylic acid groups (broad SMARTS) is 1. The van der Waals surface area contributed by atoms with Crippen LogP contribution in [0.3, 0.4) is 0 Å². The van der Waals surface area contributed by atoms with Crippen molar-refractivity contribution in [1.29, 1.82) is 0 Å². The summed E-state index contributed by atoms with van der Waals surface area (Å²) in [6.07, 6.45) is -0.203. The lowest BCUT2D eigenvalue weighted by atomic mass is 10.1. The van der Waals surface area contributed by atoms with Crippen LogP contribution in [0.15, 0.2) is 46.7 Å². The van der Waals surface area contributed by atoms with Gasteiger partial charge in [0, 0.05) is 16.2 Å². The summed E-state index contributed by atoms with van der Waals surface area (Å²) in [6.45, 7) is 0. The van der Waals surface area contributed by atoms with Gasteiger partial charge in [-0.25, -0.2) is 0 Å². The first-order valence-corrected chi connectivity index (χ1v) is 9.40. The fraction of sp³-hybridized carbons (Fsp3) is 0.235. The number of aliphatic carboxylic acids is 1. The number of hydrogen-bond acceptors (Lipinski definition) is 5. The lowest BCUT2D eigenvalue weighted by Gasteiger charge is -2.24. The van der Waals surface area contributed by atoms with E-state index in [0.29, 0.717) is 0 Å². The Balaban J connectivity index is 1.65. The van der Waals surface area contributed by atoms with Gasteiger partial charge in [0.2, 0.25) is 11.8 Å². The van der Waals surface area contributed by atoms with Gasteiger partial charge in [0.15, 0.2) is 0 Å². The third kappa shape index (κ3) is 4.40. The maximum Gasteiger partial charge on any atom is 0.305 e. The van der Waals surface area contributed by atoms with E-state index in [2.05, 4.69) is 10.6 Å². The molecule has 0 unspecified atom stereocenters. The topological polar surface area (TPSA) is 95.5 Å². The van der Waals surface area contributed by atoms with Crippen molar-refractivity contribution in [2.75, 3.05) is 5.32 Å². The molecular formula is C17H16N2O4S2. The maximum absolute atomic E-state index is 12.4. The van der Waals surface area contributed by atoms with Crippen molar-refractivity contribution >= 4 is 46.6 Å². The predicted octanol–water partition coefficient (Wildman–Crippen LogP) is 2.88. The number of anilines is 1. The van der Waals surface area contributed by atoms with E-state index in [0.717, 1.165) is 15.5 Å². The van der Waals surface area contributed by atoms with Crippen LogP contribution in [0.4, 0.5) is 5.69 Å². The number of carbonyl (C=O) groups excluding carboxylic acids is 2. The number of amides is 2. The molecule has 2 atom stereocenters. The quantitative estimate of drug-likeness (QED) is 0.720. The third-order valence-electron chi connectivity index (χ3n) is 3.68. The van der Waals surface area contributed by atoms with Crippen LogP contribution in [-0.2, 0) is 14.4 Å². The van der Waals surface area contributed by atoms with E-state index in [1.165, 1.54) is 23.1 Å². The Morgan fingerprint density at radius 3 is 2.76 bits per heavy atom. The van der Waals surface area contributed by atoms with Gasteiger partial charge in [0.25, 0.3) is 0 Å². The fourth-order valence-corrected chi connectivity index (χ4v) is 4.42. The van der Waals surface area contributed by atoms with Gasteiger partial charge >= 0.3 is 5.97 Å². The zero-order valence-corrected chi connectivity index (χ0v) is 14.7. The van der Waals surface area contributed by atoms with Crippen molar-refractivity contribution in [3.8, 4) is 0 Å². The number of thioether (sulfide) groups is 1. The summed E-state index contributed by atoms with van der Waals surface area (Å²) in [5.41, 5.74) is 0.747. The van der Waals surface area contributed by atoms with Crippen molar-refractivity contribution in [3.63, 3.8) is 0 Å². The Kier molecular flexibility index (Phi) is 5.40. The molecule has 3 rings (SSSR count). The van der Waals surface area contributed by atoms with Crippen molar-refractivity contribution in [2.45, 2.75) is 29.0 Å². The highest BCUT2D eigenvalue weighted by Crippen LogP contribution is 2.36. The van der Waals surface area contributed by atoms with Gasteiger partial charge in [-0.1, -0.05) is 18.2 Å². The van der Waals surface area contributed by atoms with Crippen molar-refractivity contribution < 1.29 is 19.5 Å². The summed E-state index contributed by atoms with van der Waals surface area (Å²) in [7, 11) is 0. The van der Waals surface area contributed by atoms with Crippen molar-refractivity contribution in [1.82, 2.24) is 5.32 Å². The number of carbonyl (C=O) groups is 3. The van der Waals surface area contributed by atoms with Crippen LogP contribution in [-0.4, -0.2) is 28.1 Å². The molecule has 1 aliphatic rings. The van der Waals surface area contributed by atoms with Gasteiger partial charge in [-0.05, 0) is 23.6 Å². The van der Waals surface area contributed by atoms with Gasteiger partial charge in [0.05, 0.1) is 23.4 Å². The molecule has 0 spiro atoms. The molecule has 1 aromatic carbocycles. The molecule has 130 valence electrons. The molecule has 0 fully saturated rings. The molecule has 2 amide bonds. The Morgan fingerprint density at radius 2 is 2.04 bits per heavy atom. The van der Waals surface area contributed by atoms with Gasteiger partial charge in [-0.2, -0.15) is 0 Å². The Bertz CT molecular complexity index is 792. The first-order valence-electron chi connectivity index (χ1n) is 7.64. The number of para-hydroxylation sites is 1. The van der Waals surface area contributed by atoms with Crippen LogP contribution >= 0.6 is 23.1 Å². The molecule has 2 heterocycles. The molecule has 0 aliphatic carbocycles. The minimum atomic E-state index is -0.989. The van der Waals surface area contributed by atoms with Crippen molar-refractivity contribution in [3.05, 3.63) is 46.7 Å². The first-order chi connectivity index (χ1) is 12.0. The van der Waals surface area contributed by atoms with Crippen LogP contribution in [0.2, 0.25) is 0 Å². The largest absolute Gasteiger partial charge is 0.481 e. The van der Waals surface area contributed by atoms with Crippen molar-refractivity contribution in [2.24, 2.45) is 0 Å². The SMILES string of the molecule is O=C(O)C[C@H](NC(=O)C[C@H]1Sc2ccccc2NC1=O)c1cccs1. The molecule has 25 heavy (non-hydrogen) atoms. The van der Waals surface area contributed by atoms with Crippen LogP contribution in [0.25, 0.3) is 0 Å². The highest BCUT2D eigenvalue weighted by Gasteiger charge is 2.30. The number of fused-ring (bicyclic) bond motifs is 1. The highest BCUT2D eigenvalue weighted by atomic mass is 32.2. The van der Waals surface area contributed by atoms with Gasteiger partial charge in [-0.3, -0.25) is 14.4 Å². The molecular weight excluding hydrogens is 360 g/mol. The second-order valence-electron chi connectivity index (χ2n) is 5.53. The smallest absolute Gasteiger partial charge is 0.305 e. The number of rotatable bonds is 6. The van der Waals surface area contributed by atoms with Crippen LogP contribution in [0, 0.1) is 0 Å². The molecule has 8 heteroatoms. The molecule has 0 bridgehead atoms. The van der Waals surface area contributed by atoms with Gasteiger partial charge in [-0.15, -0.1) is 23.1 Å². The number of thiophene rings is 1. The zero-order chi connectivity index (χ0) is 17.8. The number of carboxylic acids is 1. The zero-order valence-electron chi connectivity index (χ0n) is 13.1. The average Bonchev–Trinajstić information content (AvgIpc) is 3.09. The molecule has 0 saturated heterocycles. The van der Waals surface area contributed by atoms with E-state index in [1.54, 1.807) is 6.07 Å².